The highest BCUT2D eigenvalue weighted by Crippen LogP contribution is 2.27. The van der Waals surface area contributed by atoms with Crippen molar-refractivity contribution in [3.63, 3.8) is 0 Å². The Morgan fingerprint density at radius 3 is 2.38 bits per heavy atom. The third-order valence-corrected chi connectivity index (χ3v) is 6.04. The lowest BCUT2D eigenvalue weighted by Crippen LogP contribution is -2.36. The summed E-state index contributed by atoms with van der Waals surface area (Å²) in [5.74, 6) is -0.174. The topological polar surface area (TPSA) is 64.7 Å². The quantitative estimate of drug-likeness (QED) is 0.592. The highest BCUT2D eigenvalue weighted by Gasteiger charge is 2.20. The molecule has 6 heteroatoms. The average molecular weight is 437 g/mol. The third-order valence-electron chi connectivity index (χ3n) is 6.04. The second-order valence-electron chi connectivity index (χ2n) is 8.27. The van der Waals surface area contributed by atoms with E-state index in [9.17, 15) is 9.59 Å². The highest BCUT2D eigenvalue weighted by molar-refractivity contribution is 6.02. The van der Waals surface area contributed by atoms with Gasteiger partial charge in [0.15, 0.2) is 0 Å². The number of benzene rings is 2. The number of carbonyl (C=O) groups excluding carboxylic acids is 2. The van der Waals surface area contributed by atoms with Crippen molar-refractivity contribution in [3.8, 4) is 0 Å². The lowest BCUT2D eigenvalue weighted by atomic mass is 10.1. The molecule has 0 bridgehead atoms. The predicted molar refractivity (Wildman–Crippen MR) is 131 cm³/mol. The summed E-state index contributed by atoms with van der Waals surface area (Å²) in [6.45, 7) is 9.53. The molecule has 6 nitrogen and oxygen atoms in total. The maximum Gasteiger partial charge on any atom is 0.253 e. The molecule has 0 radical (unpaired) electrons. The summed E-state index contributed by atoms with van der Waals surface area (Å²) in [7, 11) is 0. The highest BCUT2D eigenvalue weighted by atomic mass is 16.2. The Kier molecular flexibility index (Phi) is 9.11. The van der Waals surface area contributed by atoms with Gasteiger partial charge in [-0.25, -0.2) is 0 Å². The summed E-state index contributed by atoms with van der Waals surface area (Å²) in [6.07, 6.45) is 3.81. The molecule has 1 saturated heterocycles. The van der Waals surface area contributed by atoms with E-state index in [2.05, 4.69) is 34.3 Å². The van der Waals surface area contributed by atoms with Crippen LogP contribution in [-0.4, -0.2) is 56.0 Å². The minimum atomic E-state index is -0.0881. The Morgan fingerprint density at radius 1 is 0.969 bits per heavy atom. The van der Waals surface area contributed by atoms with E-state index in [4.69, 9.17) is 0 Å². The molecule has 1 fully saturated rings. The molecule has 2 aromatic rings. The first-order valence-electron chi connectivity index (χ1n) is 11.8. The van der Waals surface area contributed by atoms with E-state index in [-0.39, 0.29) is 11.8 Å². The van der Waals surface area contributed by atoms with Gasteiger partial charge in [0, 0.05) is 37.6 Å². The van der Waals surface area contributed by atoms with Crippen LogP contribution in [0, 0.1) is 0 Å². The van der Waals surface area contributed by atoms with Crippen molar-refractivity contribution in [2.75, 3.05) is 49.5 Å². The van der Waals surface area contributed by atoms with Gasteiger partial charge in [-0.3, -0.25) is 9.59 Å². The summed E-state index contributed by atoms with van der Waals surface area (Å²) in [6, 6.07) is 15.4. The molecule has 0 aromatic heterocycles. The van der Waals surface area contributed by atoms with Crippen LogP contribution in [0.1, 0.15) is 49.0 Å². The van der Waals surface area contributed by atoms with E-state index in [0.717, 1.165) is 56.8 Å². The van der Waals surface area contributed by atoms with Crippen molar-refractivity contribution in [1.29, 1.82) is 0 Å². The van der Waals surface area contributed by atoms with E-state index >= 15 is 0 Å². The molecule has 1 aliphatic rings. The number of amides is 2. The van der Waals surface area contributed by atoms with E-state index in [0.29, 0.717) is 24.2 Å². The summed E-state index contributed by atoms with van der Waals surface area (Å²) in [5.41, 5.74) is 3.19. The maximum absolute atomic E-state index is 13.1. The SMILES string of the molecule is CCN(CC)CCNC(=O)c1cc(NC(=O)Cc2ccccc2)ccc1N1CCCCC1. The van der Waals surface area contributed by atoms with Crippen molar-refractivity contribution < 1.29 is 9.59 Å². The van der Waals surface area contributed by atoms with E-state index in [1.807, 2.05) is 48.5 Å². The monoisotopic (exact) mass is 436 g/mol. The third kappa shape index (κ3) is 6.82. The van der Waals surface area contributed by atoms with Crippen LogP contribution in [0.15, 0.2) is 48.5 Å². The molecule has 0 saturated carbocycles. The van der Waals surface area contributed by atoms with Gasteiger partial charge in [0.2, 0.25) is 5.91 Å². The molecule has 2 N–H and O–H groups in total. The summed E-state index contributed by atoms with van der Waals surface area (Å²) < 4.78 is 0. The van der Waals surface area contributed by atoms with Gasteiger partial charge >= 0.3 is 0 Å². The zero-order valence-corrected chi connectivity index (χ0v) is 19.4. The average Bonchev–Trinajstić information content (AvgIpc) is 2.83. The Hall–Kier alpha value is -2.86. The van der Waals surface area contributed by atoms with Crippen LogP contribution in [0.2, 0.25) is 0 Å². The normalized spacial score (nSPS) is 13.8. The van der Waals surface area contributed by atoms with Gasteiger partial charge < -0.3 is 20.4 Å². The summed E-state index contributed by atoms with van der Waals surface area (Å²) in [5, 5.41) is 6.04. The van der Waals surface area contributed by atoms with Gasteiger partial charge in [0.05, 0.1) is 12.0 Å². The van der Waals surface area contributed by atoms with Crippen molar-refractivity contribution in [1.82, 2.24) is 10.2 Å². The van der Waals surface area contributed by atoms with Crippen LogP contribution < -0.4 is 15.5 Å². The predicted octanol–water partition coefficient (Wildman–Crippen LogP) is 3.93. The van der Waals surface area contributed by atoms with Crippen molar-refractivity contribution >= 4 is 23.2 Å². The number of likely N-dealkylation sites (N-methyl/N-ethyl adjacent to an activating group) is 1. The molecule has 3 rings (SSSR count). The Balaban J connectivity index is 1.73. The molecule has 0 aliphatic carbocycles. The Bertz CT molecular complexity index is 875. The molecule has 1 heterocycles. The lowest BCUT2D eigenvalue weighted by Gasteiger charge is -2.30. The molecule has 2 aromatic carbocycles. The smallest absolute Gasteiger partial charge is 0.253 e. The standard InChI is InChI=1S/C26H36N4O2/c1-3-29(4-2)18-15-27-26(32)23-20-22(13-14-24(23)30-16-9-6-10-17-30)28-25(31)19-21-11-7-5-8-12-21/h5,7-8,11-14,20H,3-4,6,9-10,15-19H2,1-2H3,(H,27,32)(H,28,31). The van der Waals surface area contributed by atoms with Crippen molar-refractivity contribution in [3.05, 3.63) is 59.7 Å². The summed E-state index contributed by atoms with van der Waals surface area (Å²) in [4.78, 5) is 30.2. The van der Waals surface area contributed by atoms with Crippen LogP contribution in [0.25, 0.3) is 0 Å². The van der Waals surface area contributed by atoms with Gasteiger partial charge in [0.25, 0.3) is 5.91 Å². The van der Waals surface area contributed by atoms with Gasteiger partial charge in [-0.15, -0.1) is 0 Å². The molecular weight excluding hydrogens is 400 g/mol. The van der Waals surface area contributed by atoms with Crippen molar-refractivity contribution in [2.24, 2.45) is 0 Å². The van der Waals surface area contributed by atoms with Crippen LogP contribution in [-0.2, 0) is 11.2 Å². The zero-order chi connectivity index (χ0) is 22.8. The number of hydrogen-bond donors (Lipinski definition) is 2. The van der Waals surface area contributed by atoms with E-state index in [1.54, 1.807) is 0 Å². The number of carbonyl (C=O) groups is 2. The number of rotatable bonds is 10. The van der Waals surface area contributed by atoms with Gasteiger partial charge in [-0.1, -0.05) is 44.2 Å². The van der Waals surface area contributed by atoms with Gasteiger partial charge in [-0.05, 0) is 56.1 Å². The molecule has 32 heavy (non-hydrogen) atoms. The fourth-order valence-electron chi connectivity index (χ4n) is 4.16. The van der Waals surface area contributed by atoms with Crippen LogP contribution in [0.4, 0.5) is 11.4 Å². The fraction of sp³-hybridized carbons (Fsp3) is 0.462. The second-order valence-corrected chi connectivity index (χ2v) is 8.27. The molecule has 0 spiro atoms. The minimum absolute atomic E-state index is 0.0862. The van der Waals surface area contributed by atoms with Crippen LogP contribution in [0.3, 0.4) is 0 Å². The van der Waals surface area contributed by atoms with Crippen LogP contribution in [0.5, 0.6) is 0 Å². The summed E-state index contributed by atoms with van der Waals surface area (Å²) >= 11 is 0. The van der Waals surface area contributed by atoms with E-state index in [1.165, 1.54) is 6.42 Å². The number of nitrogens with zero attached hydrogens (tertiary/aromatic N) is 2. The maximum atomic E-state index is 13.1. The Morgan fingerprint density at radius 2 is 1.69 bits per heavy atom. The fourth-order valence-corrected chi connectivity index (χ4v) is 4.16. The molecule has 0 atom stereocenters. The first-order valence-corrected chi connectivity index (χ1v) is 11.8. The lowest BCUT2D eigenvalue weighted by molar-refractivity contribution is -0.115. The molecule has 2 amide bonds. The first-order chi connectivity index (χ1) is 15.6. The minimum Gasteiger partial charge on any atom is -0.371 e. The molecule has 0 unspecified atom stereocenters. The molecule has 1 aliphatic heterocycles. The van der Waals surface area contributed by atoms with E-state index < -0.39 is 0 Å². The number of piperidine rings is 1. The van der Waals surface area contributed by atoms with Gasteiger partial charge in [0.1, 0.15) is 0 Å². The molecule has 172 valence electrons. The Labute approximate surface area is 192 Å². The number of anilines is 2. The molecular formula is C26H36N4O2. The second kappa shape index (κ2) is 12.2. The number of nitrogens with one attached hydrogen (secondary N) is 2. The first kappa shape index (κ1) is 23.8. The van der Waals surface area contributed by atoms with Crippen LogP contribution >= 0.6 is 0 Å². The number of hydrogen-bond acceptors (Lipinski definition) is 4. The van der Waals surface area contributed by atoms with Gasteiger partial charge in [-0.2, -0.15) is 0 Å². The zero-order valence-electron chi connectivity index (χ0n) is 19.4. The van der Waals surface area contributed by atoms with Crippen molar-refractivity contribution in [2.45, 2.75) is 39.5 Å². The largest absolute Gasteiger partial charge is 0.371 e.